The van der Waals surface area contributed by atoms with Crippen LogP contribution < -0.4 is 0 Å². The van der Waals surface area contributed by atoms with Gasteiger partial charge in [-0.1, -0.05) is 39.3 Å². The van der Waals surface area contributed by atoms with Gasteiger partial charge in [-0.3, -0.25) is 0 Å². The van der Waals surface area contributed by atoms with Crippen LogP contribution in [0.2, 0.25) is 39.3 Å². The van der Waals surface area contributed by atoms with Gasteiger partial charge in [0.05, 0.1) is 30.5 Å². The number of hydrogen-bond acceptors (Lipinski definition) is 2. The van der Waals surface area contributed by atoms with Crippen molar-refractivity contribution in [3.63, 3.8) is 0 Å². The maximum atomic E-state index is 5.48. The van der Waals surface area contributed by atoms with Gasteiger partial charge in [0.2, 0.25) is 0 Å². The van der Waals surface area contributed by atoms with E-state index in [1.807, 2.05) is 12.1 Å². The molecule has 0 saturated carbocycles. The monoisotopic (exact) mass is 283 g/mol. The normalized spacial score (nSPS) is 20.6. The van der Waals surface area contributed by atoms with Crippen molar-refractivity contribution in [3.8, 4) is 0 Å². The Balaban J connectivity index is 2.18. The molecule has 0 fully saturated rings. The van der Waals surface area contributed by atoms with Gasteiger partial charge >= 0.3 is 0 Å². The lowest BCUT2D eigenvalue weighted by molar-refractivity contribution is 0.560. The van der Waals surface area contributed by atoms with Crippen molar-refractivity contribution in [2.24, 2.45) is 4.76 Å². The van der Waals surface area contributed by atoms with E-state index in [0.29, 0.717) is 0 Å². The van der Waals surface area contributed by atoms with E-state index in [1.165, 1.54) is 5.45 Å². The minimum Gasteiger partial charge on any atom is -0.463 e. The largest absolute Gasteiger partial charge is 0.463 e. The molecule has 0 unspecified atom stereocenters. The van der Waals surface area contributed by atoms with Gasteiger partial charge in [-0.25, -0.2) is 4.76 Å². The van der Waals surface area contributed by atoms with Crippen molar-refractivity contribution in [3.05, 3.63) is 24.2 Å². The van der Waals surface area contributed by atoms with E-state index >= 15 is 0 Å². The Kier molecular flexibility index (Phi) is 3.26. The lowest BCUT2D eigenvalue weighted by Gasteiger charge is -2.37. The van der Waals surface area contributed by atoms with Crippen molar-refractivity contribution in [1.82, 2.24) is 0 Å². The number of nitrogens with zero attached hydrogens (tertiary/aromatic N) is 1. The lowest BCUT2D eigenvalue weighted by atomic mass is 10.5. The zero-order chi connectivity index (χ0) is 12.8. The fourth-order valence-electron chi connectivity index (χ4n) is 2.86. The number of hydrogen-bond donors (Lipinski definition) is 0. The highest BCUT2D eigenvalue weighted by atomic mass is 31.1. The lowest BCUT2D eigenvalue weighted by Crippen LogP contribution is -2.51. The van der Waals surface area contributed by atoms with E-state index in [2.05, 4.69) is 39.3 Å². The molecule has 0 bridgehead atoms. The third-order valence-electron chi connectivity index (χ3n) is 3.01. The summed E-state index contributed by atoms with van der Waals surface area (Å²) >= 11 is 0. The topological polar surface area (TPSA) is 25.5 Å². The highest BCUT2D eigenvalue weighted by Crippen LogP contribution is 2.63. The third kappa shape index (κ3) is 2.80. The zero-order valence-electron chi connectivity index (χ0n) is 11.6. The van der Waals surface area contributed by atoms with Crippen LogP contribution in [0.1, 0.15) is 5.76 Å². The van der Waals surface area contributed by atoms with Gasteiger partial charge in [0.25, 0.3) is 0 Å². The first-order valence-corrected chi connectivity index (χ1v) is 14.6. The molecule has 0 aliphatic carbocycles. The molecule has 0 radical (unpaired) electrons. The molecular formula is C12H22NOPSi2. The quantitative estimate of drug-likeness (QED) is 0.587. The minimum atomic E-state index is -1.14. The van der Waals surface area contributed by atoms with E-state index in [9.17, 15) is 0 Å². The molecule has 0 saturated heterocycles. The van der Waals surface area contributed by atoms with E-state index in [4.69, 9.17) is 9.18 Å². The SMILES string of the molecule is C[Si](C)(C)C([P@@]1N=C1c1ccco1)[Si](C)(C)C. The fraction of sp³-hybridized carbons (Fsp3) is 0.583. The average molecular weight is 283 g/mol. The number of rotatable bonds is 4. The molecule has 1 atom stereocenters. The predicted octanol–water partition coefficient (Wildman–Crippen LogP) is 4.56. The summed E-state index contributed by atoms with van der Waals surface area (Å²) in [6, 6.07) is 4.01. The highest BCUT2D eigenvalue weighted by molar-refractivity contribution is 7.87. The van der Waals surface area contributed by atoms with Crippen molar-refractivity contribution in [2.75, 3.05) is 0 Å². The summed E-state index contributed by atoms with van der Waals surface area (Å²) in [5.74, 6) is 1.01. The van der Waals surface area contributed by atoms with Gasteiger partial charge in [0, 0.05) is 0 Å². The molecule has 1 aromatic rings. The van der Waals surface area contributed by atoms with Crippen LogP contribution in [-0.2, 0) is 0 Å². The number of furan rings is 1. The molecule has 1 aliphatic heterocycles. The van der Waals surface area contributed by atoms with Crippen molar-refractivity contribution >= 4 is 29.7 Å². The molecule has 2 nitrogen and oxygen atoms in total. The summed E-state index contributed by atoms with van der Waals surface area (Å²) in [4.78, 5) is 0.880. The van der Waals surface area contributed by atoms with Gasteiger partial charge < -0.3 is 4.42 Å². The molecular weight excluding hydrogens is 261 g/mol. The summed E-state index contributed by atoms with van der Waals surface area (Å²) in [7, 11) is -2.52. The predicted molar refractivity (Wildman–Crippen MR) is 82.6 cm³/mol. The Bertz CT molecular complexity index is 414. The Hall–Kier alpha value is -0.186. The van der Waals surface area contributed by atoms with Crippen LogP contribution in [-0.4, -0.2) is 26.5 Å². The molecule has 2 heterocycles. The average Bonchev–Trinajstić information content (AvgIpc) is 2.70. The molecule has 0 amide bonds. The van der Waals surface area contributed by atoms with Gasteiger partial charge in [-0.15, -0.1) is 0 Å². The van der Waals surface area contributed by atoms with Crippen LogP contribution >= 0.6 is 8.07 Å². The molecule has 5 heteroatoms. The molecule has 0 spiro atoms. The van der Waals surface area contributed by atoms with Gasteiger partial charge in [0.15, 0.2) is 5.76 Å². The Morgan fingerprint density at radius 1 is 1.12 bits per heavy atom. The molecule has 1 aromatic heterocycles. The molecule has 17 heavy (non-hydrogen) atoms. The van der Waals surface area contributed by atoms with E-state index in [1.54, 1.807) is 6.26 Å². The Labute approximate surface area is 107 Å². The van der Waals surface area contributed by atoms with Gasteiger partial charge in [-0.05, 0) is 17.0 Å². The molecule has 94 valence electrons. The third-order valence-corrected chi connectivity index (χ3v) is 19.1. The van der Waals surface area contributed by atoms with Crippen LogP contribution in [0.25, 0.3) is 0 Å². The summed E-state index contributed by atoms with van der Waals surface area (Å²) in [5, 5.41) is 0. The molecule has 1 aliphatic rings. The molecule has 0 aromatic carbocycles. The maximum Gasteiger partial charge on any atom is 0.154 e. The van der Waals surface area contributed by atoms with Crippen LogP contribution in [0.15, 0.2) is 27.6 Å². The smallest absolute Gasteiger partial charge is 0.154 e. The van der Waals surface area contributed by atoms with Crippen molar-refractivity contribution in [2.45, 2.75) is 44.2 Å². The second-order valence-corrected chi connectivity index (χ2v) is 20.9. The highest BCUT2D eigenvalue weighted by Gasteiger charge is 2.50. The van der Waals surface area contributed by atoms with Crippen LogP contribution in [0, 0.1) is 0 Å². The summed E-state index contributed by atoms with van der Waals surface area (Å²) in [6.45, 7) is 15.0. The second-order valence-electron chi connectivity index (χ2n) is 6.88. The standard InChI is InChI=1S/C12H22NOPSi2/c1-16(2,3)12(17(4,5)6)15-11(13-15)10-8-7-9-14-10/h7-9,12H,1-6H3/t15-/m0/s1. The van der Waals surface area contributed by atoms with Crippen LogP contribution in [0.5, 0.6) is 0 Å². The van der Waals surface area contributed by atoms with Gasteiger partial charge in [0.1, 0.15) is 5.45 Å². The van der Waals surface area contributed by atoms with Gasteiger partial charge in [-0.2, -0.15) is 0 Å². The van der Waals surface area contributed by atoms with Crippen LogP contribution in [0.3, 0.4) is 0 Å². The van der Waals surface area contributed by atoms with E-state index in [-0.39, 0.29) is 8.07 Å². The fourth-order valence-corrected chi connectivity index (χ4v) is 21.3. The van der Waals surface area contributed by atoms with Crippen molar-refractivity contribution in [1.29, 1.82) is 0 Å². The summed E-state index contributed by atoms with van der Waals surface area (Å²) < 4.78 is 10.3. The Morgan fingerprint density at radius 2 is 1.71 bits per heavy atom. The second kappa shape index (κ2) is 4.18. The Morgan fingerprint density at radius 3 is 2.12 bits per heavy atom. The zero-order valence-corrected chi connectivity index (χ0v) is 14.5. The van der Waals surface area contributed by atoms with Crippen LogP contribution in [0.4, 0.5) is 0 Å². The first-order valence-electron chi connectivity index (χ1n) is 6.13. The molecule has 2 rings (SSSR count). The van der Waals surface area contributed by atoms with E-state index in [0.717, 1.165) is 10.7 Å². The summed E-state index contributed by atoms with van der Waals surface area (Å²) in [6.07, 6.45) is 1.75. The molecule has 0 N–H and O–H groups in total. The van der Waals surface area contributed by atoms with E-state index < -0.39 is 16.1 Å². The van der Waals surface area contributed by atoms with Crippen molar-refractivity contribution < 1.29 is 4.42 Å². The first-order chi connectivity index (χ1) is 7.71. The minimum absolute atomic E-state index is 0.233. The maximum absolute atomic E-state index is 5.48. The summed E-state index contributed by atoms with van der Waals surface area (Å²) in [5.41, 5.74) is 1.28. The first kappa shape index (κ1) is 13.3.